The molecule has 0 saturated heterocycles. The number of hydrogen-bond acceptors (Lipinski definition) is 3. The second-order valence-electron chi connectivity index (χ2n) is 6.23. The largest absolute Gasteiger partial charge is 0.505 e. The minimum Gasteiger partial charge on any atom is -0.505 e. The average Bonchev–Trinajstić information content (AvgIpc) is 2.98. The van der Waals surface area contributed by atoms with Gasteiger partial charge in [0.1, 0.15) is 6.61 Å². The van der Waals surface area contributed by atoms with E-state index in [0.717, 1.165) is 34.4 Å². The number of nitrogens with one attached hydrogen (secondary N) is 1. The summed E-state index contributed by atoms with van der Waals surface area (Å²) >= 11 is 5.91. The number of amides is 1. The highest BCUT2D eigenvalue weighted by molar-refractivity contribution is 6.33. The zero-order chi connectivity index (χ0) is 19.0. The van der Waals surface area contributed by atoms with E-state index in [1.807, 2.05) is 48.5 Å². The molecule has 0 fully saturated rings. The highest BCUT2D eigenvalue weighted by Crippen LogP contribution is 2.44. The Labute approximate surface area is 160 Å². The molecule has 6 heteroatoms. The third-order valence-electron chi connectivity index (χ3n) is 4.62. The molecule has 4 nitrogen and oxygen atoms in total. The Balaban J connectivity index is 1.51. The first-order valence-corrected chi connectivity index (χ1v) is 8.72. The van der Waals surface area contributed by atoms with Gasteiger partial charge in [0.25, 0.3) is 0 Å². The first-order valence-electron chi connectivity index (χ1n) is 8.34. The van der Waals surface area contributed by atoms with Crippen molar-refractivity contribution in [2.75, 3.05) is 11.9 Å². The van der Waals surface area contributed by atoms with Crippen molar-refractivity contribution in [3.05, 3.63) is 82.6 Å². The molecule has 0 spiro atoms. The van der Waals surface area contributed by atoms with Crippen molar-refractivity contribution in [2.45, 2.75) is 5.92 Å². The Hall–Kier alpha value is -3.05. The molecule has 0 aromatic heterocycles. The molecule has 27 heavy (non-hydrogen) atoms. The fraction of sp³-hybridized carbons (Fsp3) is 0.0952. The SMILES string of the molecule is O=C(Nc1cc(F)c(O)cc1Cl)OCC1c2ccccc2-c2ccccc21. The standard InChI is InChI=1S/C21H15ClFNO3/c22-17-9-20(25)18(23)10-19(17)24-21(26)27-11-16-14-7-3-1-5-12(14)13-6-2-4-8-15(13)16/h1-10,16,25H,11H2,(H,24,26). The number of aromatic hydroxyl groups is 1. The molecule has 136 valence electrons. The predicted octanol–water partition coefficient (Wildman–Crippen LogP) is 5.55. The maximum absolute atomic E-state index is 13.5. The third-order valence-corrected chi connectivity index (χ3v) is 4.93. The van der Waals surface area contributed by atoms with Crippen LogP contribution in [0.2, 0.25) is 5.02 Å². The Kier molecular flexibility index (Phi) is 4.46. The molecular weight excluding hydrogens is 369 g/mol. The quantitative estimate of drug-likeness (QED) is 0.583. The number of benzene rings is 3. The zero-order valence-electron chi connectivity index (χ0n) is 14.1. The molecule has 0 atom stereocenters. The van der Waals surface area contributed by atoms with E-state index < -0.39 is 17.7 Å². The van der Waals surface area contributed by atoms with E-state index in [1.54, 1.807) is 0 Å². The third kappa shape index (κ3) is 3.22. The van der Waals surface area contributed by atoms with Crippen molar-refractivity contribution in [1.82, 2.24) is 0 Å². The van der Waals surface area contributed by atoms with Gasteiger partial charge in [-0.15, -0.1) is 0 Å². The molecule has 0 unspecified atom stereocenters. The molecule has 0 bridgehead atoms. The number of fused-ring (bicyclic) bond motifs is 3. The van der Waals surface area contributed by atoms with Gasteiger partial charge >= 0.3 is 6.09 Å². The summed E-state index contributed by atoms with van der Waals surface area (Å²) in [6.45, 7) is 0.137. The van der Waals surface area contributed by atoms with E-state index in [2.05, 4.69) is 5.32 Å². The molecule has 1 amide bonds. The van der Waals surface area contributed by atoms with Crippen LogP contribution in [-0.2, 0) is 4.74 Å². The summed E-state index contributed by atoms with van der Waals surface area (Å²) in [5.74, 6) is -1.54. The van der Waals surface area contributed by atoms with E-state index in [1.165, 1.54) is 0 Å². The summed E-state index contributed by atoms with van der Waals surface area (Å²) < 4.78 is 18.8. The van der Waals surface area contributed by atoms with Gasteiger partial charge in [0.2, 0.25) is 0 Å². The first-order chi connectivity index (χ1) is 13.0. The number of carbonyl (C=O) groups is 1. The van der Waals surface area contributed by atoms with Crippen LogP contribution in [0.3, 0.4) is 0 Å². The average molecular weight is 384 g/mol. The van der Waals surface area contributed by atoms with Gasteiger partial charge in [-0.1, -0.05) is 60.1 Å². The van der Waals surface area contributed by atoms with Crippen molar-refractivity contribution < 1.29 is 19.0 Å². The Bertz CT molecular complexity index is 992. The summed E-state index contributed by atoms with van der Waals surface area (Å²) in [5, 5.41) is 11.7. The van der Waals surface area contributed by atoms with Crippen molar-refractivity contribution in [3.63, 3.8) is 0 Å². The Morgan fingerprint density at radius 1 is 1.07 bits per heavy atom. The van der Waals surface area contributed by atoms with Gasteiger partial charge in [-0.05, 0) is 22.3 Å². The van der Waals surface area contributed by atoms with Gasteiger partial charge in [0.05, 0.1) is 10.7 Å². The van der Waals surface area contributed by atoms with Crippen LogP contribution in [0.25, 0.3) is 11.1 Å². The van der Waals surface area contributed by atoms with Crippen LogP contribution in [0, 0.1) is 5.82 Å². The number of halogens is 2. The normalized spacial score (nSPS) is 12.4. The lowest BCUT2D eigenvalue weighted by molar-refractivity contribution is 0.158. The van der Waals surface area contributed by atoms with E-state index in [4.69, 9.17) is 16.3 Å². The second kappa shape index (κ2) is 6.93. The number of carbonyl (C=O) groups excluding carboxylic acids is 1. The second-order valence-corrected chi connectivity index (χ2v) is 6.64. The lowest BCUT2D eigenvalue weighted by Gasteiger charge is -2.15. The predicted molar refractivity (Wildman–Crippen MR) is 102 cm³/mol. The monoisotopic (exact) mass is 383 g/mol. The van der Waals surface area contributed by atoms with Crippen LogP contribution in [0.5, 0.6) is 5.75 Å². The molecule has 1 aliphatic carbocycles. The number of phenols is 1. The molecule has 1 aliphatic rings. The van der Waals surface area contributed by atoms with Crippen LogP contribution in [0.15, 0.2) is 60.7 Å². The highest BCUT2D eigenvalue weighted by Gasteiger charge is 2.29. The number of rotatable bonds is 3. The highest BCUT2D eigenvalue weighted by atomic mass is 35.5. The minimum absolute atomic E-state index is 0.0161. The van der Waals surface area contributed by atoms with Gasteiger partial charge < -0.3 is 9.84 Å². The summed E-state index contributed by atoms with van der Waals surface area (Å²) in [7, 11) is 0. The maximum Gasteiger partial charge on any atom is 0.411 e. The lowest BCUT2D eigenvalue weighted by Crippen LogP contribution is -2.18. The van der Waals surface area contributed by atoms with Gasteiger partial charge in [-0.3, -0.25) is 5.32 Å². The van der Waals surface area contributed by atoms with E-state index in [-0.39, 0.29) is 23.2 Å². The lowest BCUT2D eigenvalue weighted by atomic mass is 9.98. The fourth-order valence-electron chi connectivity index (χ4n) is 3.38. The summed E-state index contributed by atoms with van der Waals surface area (Å²) in [6, 6.07) is 18.0. The van der Waals surface area contributed by atoms with Gasteiger partial charge in [-0.2, -0.15) is 0 Å². The number of anilines is 1. The number of hydrogen-bond donors (Lipinski definition) is 2. The van der Waals surface area contributed by atoms with E-state index in [9.17, 15) is 14.3 Å². The Morgan fingerprint density at radius 2 is 1.67 bits per heavy atom. The minimum atomic E-state index is -0.881. The van der Waals surface area contributed by atoms with Gasteiger partial charge in [-0.25, -0.2) is 9.18 Å². The van der Waals surface area contributed by atoms with E-state index in [0.29, 0.717) is 0 Å². The van der Waals surface area contributed by atoms with Crippen LogP contribution in [0.1, 0.15) is 17.0 Å². The molecule has 0 aliphatic heterocycles. The molecule has 3 aromatic carbocycles. The topological polar surface area (TPSA) is 58.6 Å². The van der Waals surface area contributed by atoms with Crippen molar-refractivity contribution in [2.24, 2.45) is 0 Å². The van der Waals surface area contributed by atoms with Crippen molar-refractivity contribution >= 4 is 23.4 Å². The number of ether oxygens (including phenoxy) is 1. The zero-order valence-corrected chi connectivity index (χ0v) is 14.8. The van der Waals surface area contributed by atoms with Crippen LogP contribution < -0.4 is 5.32 Å². The van der Waals surface area contributed by atoms with Crippen LogP contribution in [-0.4, -0.2) is 17.8 Å². The molecule has 0 radical (unpaired) electrons. The van der Waals surface area contributed by atoms with Gasteiger partial charge in [0, 0.05) is 18.1 Å². The molecule has 4 rings (SSSR count). The maximum atomic E-state index is 13.5. The van der Waals surface area contributed by atoms with E-state index >= 15 is 0 Å². The van der Waals surface area contributed by atoms with Crippen molar-refractivity contribution in [3.8, 4) is 16.9 Å². The molecule has 2 N–H and O–H groups in total. The van der Waals surface area contributed by atoms with Gasteiger partial charge in [0.15, 0.2) is 11.6 Å². The first kappa shape index (κ1) is 17.4. The van der Waals surface area contributed by atoms with Crippen molar-refractivity contribution in [1.29, 1.82) is 0 Å². The molecular formula is C21H15ClFNO3. The summed E-state index contributed by atoms with van der Waals surface area (Å²) in [4.78, 5) is 12.2. The molecule has 0 saturated carbocycles. The fourth-order valence-corrected chi connectivity index (χ4v) is 3.58. The number of phenolic OH excluding ortho intramolecular Hbond substituents is 1. The summed E-state index contributed by atoms with van der Waals surface area (Å²) in [6.07, 6.45) is -0.746. The smallest absolute Gasteiger partial charge is 0.411 e. The molecule has 0 heterocycles. The Morgan fingerprint density at radius 3 is 2.30 bits per heavy atom. The molecule has 3 aromatic rings. The van der Waals surface area contributed by atoms with Crippen LogP contribution in [0.4, 0.5) is 14.9 Å². The summed E-state index contributed by atoms with van der Waals surface area (Å²) in [5.41, 5.74) is 4.49. The van der Waals surface area contributed by atoms with Crippen LogP contribution >= 0.6 is 11.6 Å².